The van der Waals surface area contributed by atoms with Gasteiger partial charge in [0.05, 0.1) is 18.0 Å². The molecule has 1 aromatic carbocycles. The monoisotopic (exact) mass is 244 g/mol. The van der Waals surface area contributed by atoms with E-state index in [4.69, 9.17) is 4.74 Å². The van der Waals surface area contributed by atoms with Gasteiger partial charge in [0.15, 0.2) is 0 Å². The van der Waals surface area contributed by atoms with Crippen molar-refractivity contribution >= 4 is 17.4 Å². The van der Waals surface area contributed by atoms with Gasteiger partial charge >= 0.3 is 5.97 Å². The Kier molecular flexibility index (Phi) is 3.77. The van der Waals surface area contributed by atoms with Crippen LogP contribution in [0.1, 0.15) is 20.3 Å². The molecular weight excluding hydrogens is 228 g/mol. The van der Waals surface area contributed by atoms with Gasteiger partial charge in [-0.15, -0.1) is 0 Å². The lowest BCUT2D eigenvalue weighted by molar-refractivity contribution is -0.137. The molecule has 4 nitrogen and oxygen atoms in total. The first-order chi connectivity index (χ1) is 8.70. The van der Waals surface area contributed by atoms with Gasteiger partial charge in [-0.3, -0.25) is 0 Å². The summed E-state index contributed by atoms with van der Waals surface area (Å²) in [5.74, 6) is -0.321. The molecule has 0 radical (unpaired) electrons. The third kappa shape index (κ3) is 2.77. The minimum absolute atomic E-state index is 0.321. The van der Waals surface area contributed by atoms with E-state index < -0.39 is 0 Å². The van der Waals surface area contributed by atoms with E-state index >= 15 is 0 Å². The first kappa shape index (κ1) is 12.4. The number of allylic oxidation sites excluding steroid dienone is 1. The van der Waals surface area contributed by atoms with Gasteiger partial charge in [-0.2, -0.15) is 5.10 Å². The number of rotatable bonds is 3. The van der Waals surface area contributed by atoms with Crippen molar-refractivity contribution in [2.45, 2.75) is 20.3 Å². The highest BCUT2D eigenvalue weighted by Gasteiger charge is 2.20. The van der Waals surface area contributed by atoms with Crippen LogP contribution >= 0.6 is 0 Å². The van der Waals surface area contributed by atoms with Crippen LogP contribution < -0.4 is 5.01 Å². The van der Waals surface area contributed by atoms with Crippen molar-refractivity contribution < 1.29 is 9.53 Å². The topological polar surface area (TPSA) is 41.9 Å². The van der Waals surface area contributed by atoms with Crippen molar-refractivity contribution in [1.82, 2.24) is 0 Å². The highest BCUT2D eigenvalue weighted by Crippen LogP contribution is 2.26. The molecule has 0 amide bonds. The van der Waals surface area contributed by atoms with Gasteiger partial charge in [0, 0.05) is 18.2 Å². The number of hydrogen-bond donors (Lipinski definition) is 0. The molecular formula is C14H16N2O2. The van der Waals surface area contributed by atoms with Crippen LogP contribution in [-0.4, -0.2) is 18.3 Å². The fraction of sp³-hybridized carbons (Fsp3) is 0.286. The number of carbonyl (C=O) groups is 1. The zero-order valence-electron chi connectivity index (χ0n) is 10.6. The molecule has 1 aliphatic heterocycles. The predicted molar refractivity (Wildman–Crippen MR) is 71.4 cm³/mol. The van der Waals surface area contributed by atoms with Crippen molar-refractivity contribution in [1.29, 1.82) is 0 Å². The number of para-hydroxylation sites is 1. The van der Waals surface area contributed by atoms with E-state index in [1.165, 1.54) is 6.08 Å². The van der Waals surface area contributed by atoms with Crippen LogP contribution in [0.4, 0.5) is 5.69 Å². The maximum Gasteiger partial charge on any atom is 0.332 e. The number of nitrogens with zero attached hydrogens (tertiary/aromatic N) is 2. The third-order valence-electron chi connectivity index (χ3n) is 2.55. The van der Waals surface area contributed by atoms with E-state index in [-0.39, 0.29) is 5.97 Å². The molecule has 1 heterocycles. The van der Waals surface area contributed by atoms with Gasteiger partial charge in [0.25, 0.3) is 0 Å². The number of anilines is 1. The van der Waals surface area contributed by atoms with Gasteiger partial charge in [-0.25, -0.2) is 9.80 Å². The van der Waals surface area contributed by atoms with E-state index in [1.54, 1.807) is 11.9 Å². The van der Waals surface area contributed by atoms with Crippen LogP contribution in [-0.2, 0) is 9.53 Å². The molecule has 18 heavy (non-hydrogen) atoms. The maximum absolute atomic E-state index is 11.5. The fourth-order valence-electron chi connectivity index (χ4n) is 1.83. The first-order valence-corrected chi connectivity index (χ1v) is 5.97. The summed E-state index contributed by atoms with van der Waals surface area (Å²) in [7, 11) is 0. The molecule has 0 bridgehead atoms. The van der Waals surface area contributed by atoms with Crippen LogP contribution in [0.25, 0.3) is 0 Å². The largest absolute Gasteiger partial charge is 0.463 e. The highest BCUT2D eigenvalue weighted by molar-refractivity contribution is 5.92. The summed E-state index contributed by atoms with van der Waals surface area (Å²) in [6, 6.07) is 9.76. The van der Waals surface area contributed by atoms with Gasteiger partial charge in [-0.1, -0.05) is 18.2 Å². The number of hydrogen-bond acceptors (Lipinski definition) is 4. The first-order valence-electron chi connectivity index (χ1n) is 5.97. The number of hydrazone groups is 1. The molecule has 4 heteroatoms. The minimum atomic E-state index is -0.321. The molecule has 0 saturated carbocycles. The molecule has 0 fully saturated rings. The second-order valence-electron chi connectivity index (χ2n) is 4.05. The van der Waals surface area contributed by atoms with Gasteiger partial charge in [0.1, 0.15) is 0 Å². The predicted octanol–water partition coefficient (Wildman–Crippen LogP) is 2.72. The molecule has 1 aliphatic rings. The molecule has 0 atom stereocenters. The molecule has 1 aromatic rings. The van der Waals surface area contributed by atoms with E-state index in [0.29, 0.717) is 13.0 Å². The number of ether oxygens (including phenoxy) is 1. The molecule has 94 valence electrons. The summed E-state index contributed by atoms with van der Waals surface area (Å²) in [4.78, 5) is 11.5. The Morgan fingerprint density at radius 1 is 1.44 bits per heavy atom. The van der Waals surface area contributed by atoms with Gasteiger partial charge < -0.3 is 4.74 Å². The van der Waals surface area contributed by atoms with Gasteiger partial charge in [-0.05, 0) is 26.0 Å². The Morgan fingerprint density at radius 2 is 2.17 bits per heavy atom. The molecule has 0 unspecified atom stereocenters. The average molecular weight is 244 g/mol. The van der Waals surface area contributed by atoms with Crippen molar-refractivity contribution in [3.8, 4) is 0 Å². The molecule has 0 saturated heterocycles. The number of esters is 1. The molecule has 0 spiro atoms. The Hall–Kier alpha value is -2.10. The second kappa shape index (κ2) is 5.49. The molecule has 0 N–H and O–H groups in total. The smallest absolute Gasteiger partial charge is 0.332 e. The van der Waals surface area contributed by atoms with Crippen LogP contribution in [0.3, 0.4) is 0 Å². The van der Waals surface area contributed by atoms with Gasteiger partial charge in [0.2, 0.25) is 0 Å². The Labute approximate surface area is 107 Å². The summed E-state index contributed by atoms with van der Waals surface area (Å²) in [6.45, 7) is 4.12. The summed E-state index contributed by atoms with van der Waals surface area (Å²) in [6.07, 6.45) is 2.18. The second-order valence-corrected chi connectivity index (χ2v) is 4.05. The van der Waals surface area contributed by atoms with Crippen LogP contribution in [0.5, 0.6) is 0 Å². The van der Waals surface area contributed by atoms with Crippen molar-refractivity contribution in [2.24, 2.45) is 5.10 Å². The fourth-order valence-corrected chi connectivity index (χ4v) is 1.83. The third-order valence-corrected chi connectivity index (χ3v) is 2.55. The van der Waals surface area contributed by atoms with Crippen LogP contribution in [0.15, 0.2) is 47.2 Å². The van der Waals surface area contributed by atoms with E-state index in [2.05, 4.69) is 5.10 Å². The maximum atomic E-state index is 11.5. The van der Waals surface area contributed by atoms with Crippen LogP contribution in [0.2, 0.25) is 0 Å². The molecule has 0 aromatic heterocycles. The van der Waals surface area contributed by atoms with E-state index in [0.717, 1.165) is 17.1 Å². The minimum Gasteiger partial charge on any atom is -0.463 e. The summed E-state index contributed by atoms with van der Waals surface area (Å²) < 4.78 is 4.93. The van der Waals surface area contributed by atoms with Crippen molar-refractivity contribution in [3.63, 3.8) is 0 Å². The SMILES string of the molecule is CCOC(=O)/C=C1/CC(C)=NN1c1ccccc1. The highest BCUT2D eigenvalue weighted by atomic mass is 16.5. The van der Waals surface area contributed by atoms with E-state index in [9.17, 15) is 4.79 Å². The quantitative estimate of drug-likeness (QED) is 0.606. The normalized spacial score (nSPS) is 16.9. The summed E-state index contributed by atoms with van der Waals surface area (Å²) in [5.41, 5.74) is 2.77. The van der Waals surface area contributed by atoms with Crippen LogP contribution in [0, 0.1) is 0 Å². The Balaban J connectivity index is 2.24. The van der Waals surface area contributed by atoms with E-state index in [1.807, 2.05) is 37.3 Å². The molecule has 2 rings (SSSR count). The number of benzene rings is 1. The zero-order valence-corrected chi connectivity index (χ0v) is 10.6. The summed E-state index contributed by atoms with van der Waals surface area (Å²) in [5, 5.41) is 6.21. The Morgan fingerprint density at radius 3 is 2.83 bits per heavy atom. The van der Waals surface area contributed by atoms with Crippen molar-refractivity contribution in [3.05, 3.63) is 42.1 Å². The summed E-state index contributed by atoms with van der Waals surface area (Å²) >= 11 is 0. The Bertz CT molecular complexity index is 492. The standard InChI is InChI=1S/C14H16N2O2/c1-3-18-14(17)10-13-9-11(2)15-16(13)12-7-5-4-6-8-12/h4-8,10H,3,9H2,1-2H3/b13-10-. The lowest BCUT2D eigenvalue weighted by Gasteiger charge is -2.16. The zero-order chi connectivity index (χ0) is 13.0. The van der Waals surface area contributed by atoms with Crippen molar-refractivity contribution in [2.75, 3.05) is 11.6 Å². The lowest BCUT2D eigenvalue weighted by atomic mass is 10.2. The lowest BCUT2D eigenvalue weighted by Crippen LogP contribution is -2.12. The number of carbonyl (C=O) groups excluding carboxylic acids is 1. The average Bonchev–Trinajstić information content (AvgIpc) is 2.71. The molecule has 0 aliphatic carbocycles.